The average molecular weight is 373 g/mol. The van der Waals surface area contributed by atoms with E-state index in [0.29, 0.717) is 32.0 Å². The van der Waals surface area contributed by atoms with Gasteiger partial charge in [0.1, 0.15) is 5.82 Å². The van der Waals surface area contributed by atoms with Crippen molar-refractivity contribution >= 4 is 39.2 Å². The highest BCUT2D eigenvalue weighted by molar-refractivity contribution is 7.17. The summed E-state index contributed by atoms with van der Waals surface area (Å²) in [7, 11) is 1.31. The van der Waals surface area contributed by atoms with Crippen molar-refractivity contribution in [3.63, 3.8) is 0 Å². The van der Waals surface area contributed by atoms with Crippen LogP contribution in [0.4, 0.5) is 16.0 Å². The van der Waals surface area contributed by atoms with Gasteiger partial charge in [-0.2, -0.15) is 4.39 Å². The first-order valence-corrected chi connectivity index (χ1v) is 8.99. The second-order valence-corrected chi connectivity index (χ2v) is 6.71. The molecule has 7 nitrogen and oxygen atoms in total. The lowest BCUT2D eigenvalue weighted by Crippen LogP contribution is -2.47. The van der Waals surface area contributed by atoms with E-state index >= 15 is 0 Å². The molecule has 0 spiro atoms. The number of methoxy groups -OCH3 is 1. The van der Waals surface area contributed by atoms with Crippen molar-refractivity contribution in [2.45, 2.75) is 0 Å². The van der Waals surface area contributed by atoms with Gasteiger partial charge in [-0.15, -0.1) is 11.3 Å². The molecule has 4 heterocycles. The van der Waals surface area contributed by atoms with Gasteiger partial charge in [0.15, 0.2) is 5.82 Å². The zero-order chi connectivity index (χ0) is 18.1. The number of anilines is 2. The number of hydrogen-bond donors (Lipinski definition) is 0. The topological polar surface area (TPSA) is 71.5 Å². The van der Waals surface area contributed by atoms with Gasteiger partial charge in [-0.3, -0.25) is 0 Å². The Labute approximate surface area is 153 Å². The third-order valence-electron chi connectivity index (χ3n) is 4.26. The smallest absolute Gasteiger partial charge is 0.376 e. The molecule has 26 heavy (non-hydrogen) atoms. The number of ether oxygens (including phenoxy) is 1. The number of rotatable bonds is 3. The molecule has 1 fully saturated rings. The summed E-state index contributed by atoms with van der Waals surface area (Å²) in [5, 5.41) is 1.93. The first kappa shape index (κ1) is 16.6. The van der Waals surface area contributed by atoms with Gasteiger partial charge in [-0.1, -0.05) is 6.07 Å². The van der Waals surface area contributed by atoms with Crippen LogP contribution in [0.25, 0.3) is 10.2 Å². The second-order valence-electron chi connectivity index (χ2n) is 5.79. The quantitative estimate of drug-likeness (QED) is 0.515. The van der Waals surface area contributed by atoms with Crippen LogP contribution < -0.4 is 9.80 Å². The Morgan fingerprint density at radius 2 is 1.88 bits per heavy atom. The maximum absolute atomic E-state index is 13.3. The van der Waals surface area contributed by atoms with Crippen molar-refractivity contribution in [1.82, 2.24) is 15.0 Å². The summed E-state index contributed by atoms with van der Waals surface area (Å²) in [6.45, 7) is 2.73. The predicted octanol–water partition coefficient (Wildman–Crippen LogP) is 2.34. The lowest BCUT2D eigenvalue weighted by Gasteiger charge is -2.36. The number of halogens is 1. The number of aromatic nitrogens is 3. The number of hydrogen-bond acceptors (Lipinski definition) is 8. The summed E-state index contributed by atoms with van der Waals surface area (Å²) < 4.78 is 19.0. The molecule has 0 unspecified atom stereocenters. The molecule has 0 radical (unpaired) electrons. The van der Waals surface area contributed by atoms with Gasteiger partial charge in [0.2, 0.25) is 11.8 Å². The lowest BCUT2D eigenvalue weighted by molar-refractivity contribution is 0.0587. The zero-order valence-corrected chi connectivity index (χ0v) is 14.9. The number of esters is 1. The monoisotopic (exact) mass is 373 g/mol. The Bertz CT molecular complexity index is 955. The van der Waals surface area contributed by atoms with E-state index in [2.05, 4.69) is 19.9 Å². The maximum Gasteiger partial charge on any atom is 0.376 e. The minimum Gasteiger partial charge on any atom is -0.463 e. The van der Waals surface area contributed by atoms with Gasteiger partial charge in [0, 0.05) is 26.2 Å². The molecular formula is C17H16FN5O2S. The normalized spacial score (nSPS) is 14.7. The molecule has 0 aliphatic carbocycles. The zero-order valence-electron chi connectivity index (χ0n) is 14.1. The Morgan fingerprint density at radius 3 is 2.62 bits per heavy atom. The fourth-order valence-corrected chi connectivity index (χ4v) is 3.81. The Balaban J connectivity index is 1.59. The summed E-state index contributed by atoms with van der Waals surface area (Å²) in [6.07, 6.45) is 0. The summed E-state index contributed by atoms with van der Waals surface area (Å²) in [5.74, 6) is 0.384. The highest BCUT2D eigenvalue weighted by atomic mass is 32.1. The average Bonchev–Trinajstić information content (AvgIpc) is 3.15. The minimum absolute atomic E-state index is 0.0580. The van der Waals surface area contributed by atoms with Crippen molar-refractivity contribution in [1.29, 1.82) is 0 Å². The van der Waals surface area contributed by atoms with Crippen LogP contribution in [-0.4, -0.2) is 54.2 Å². The molecule has 3 aromatic heterocycles. The minimum atomic E-state index is -0.554. The molecule has 0 bridgehead atoms. The van der Waals surface area contributed by atoms with E-state index in [9.17, 15) is 9.18 Å². The number of thiophene rings is 1. The molecule has 0 atom stereocenters. The Kier molecular flexibility index (Phi) is 4.37. The van der Waals surface area contributed by atoms with E-state index in [1.165, 1.54) is 13.2 Å². The van der Waals surface area contributed by atoms with Crippen molar-refractivity contribution in [3.8, 4) is 0 Å². The Hall–Kier alpha value is -2.81. The van der Waals surface area contributed by atoms with Crippen LogP contribution in [0, 0.1) is 5.95 Å². The van der Waals surface area contributed by atoms with Crippen molar-refractivity contribution in [2.75, 3.05) is 43.1 Å². The highest BCUT2D eigenvalue weighted by Crippen LogP contribution is 2.30. The summed E-state index contributed by atoms with van der Waals surface area (Å²) in [4.78, 5) is 28.7. The number of piperazine rings is 1. The molecule has 3 aromatic rings. The largest absolute Gasteiger partial charge is 0.463 e. The lowest BCUT2D eigenvalue weighted by atomic mass is 10.3. The van der Waals surface area contributed by atoms with Crippen LogP contribution in [0.3, 0.4) is 0 Å². The van der Waals surface area contributed by atoms with Gasteiger partial charge < -0.3 is 14.5 Å². The summed E-state index contributed by atoms with van der Waals surface area (Å²) in [5.41, 5.74) is 0.731. The summed E-state index contributed by atoms with van der Waals surface area (Å²) >= 11 is 1.54. The van der Waals surface area contributed by atoms with E-state index in [1.807, 2.05) is 16.3 Å². The second kappa shape index (κ2) is 6.83. The molecule has 0 aromatic carbocycles. The standard InChI is InChI=1S/C17H16FN5O2S/c1-25-17(24)15-19-11-5-10-26-14(11)16(21-15)23-8-6-22(7-9-23)13-4-2-3-12(18)20-13/h2-5,10H,6-9H2,1H3. The van der Waals surface area contributed by atoms with E-state index in [-0.39, 0.29) is 5.82 Å². The van der Waals surface area contributed by atoms with Gasteiger partial charge in [-0.05, 0) is 23.6 Å². The predicted molar refractivity (Wildman–Crippen MR) is 97.4 cm³/mol. The van der Waals surface area contributed by atoms with Gasteiger partial charge in [-0.25, -0.2) is 19.7 Å². The first-order valence-electron chi connectivity index (χ1n) is 8.12. The van der Waals surface area contributed by atoms with Crippen LogP contribution in [0.15, 0.2) is 29.6 Å². The molecule has 4 rings (SSSR count). The molecule has 1 aliphatic rings. The van der Waals surface area contributed by atoms with Crippen LogP contribution >= 0.6 is 11.3 Å². The molecule has 0 saturated carbocycles. The number of carbonyl (C=O) groups is 1. The molecule has 0 N–H and O–H groups in total. The van der Waals surface area contributed by atoms with E-state index in [1.54, 1.807) is 23.5 Å². The van der Waals surface area contributed by atoms with Crippen LogP contribution in [0.1, 0.15) is 10.6 Å². The van der Waals surface area contributed by atoms with Gasteiger partial charge in [0.05, 0.1) is 17.3 Å². The molecule has 134 valence electrons. The fourth-order valence-electron chi connectivity index (χ4n) is 2.97. The van der Waals surface area contributed by atoms with Crippen molar-refractivity contribution < 1.29 is 13.9 Å². The molecule has 0 amide bonds. The SMILES string of the molecule is COC(=O)c1nc(N2CCN(c3cccc(F)n3)CC2)c2sccc2n1. The van der Waals surface area contributed by atoms with Gasteiger partial charge >= 0.3 is 5.97 Å². The number of pyridine rings is 1. The molecule has 9 heteroatoms. The van der Waals surface area contributed by atoms with E-state index < -0.39 is 11.9 Å². The summed E-state index contributed by atoms with van der Waals surface area (Å²) in [6, 6.07) is 6.66. The molecule has 1 aliphatic heterocycles. The number of fused-ring (bicyclic) bond motifs is 1. The van der Waals surface area contributed by atoms with E-state index in [0.717, 1.165) is 16.0 Å². The third kappa shape index (κ3) is 3.05. The van der Waals surface area contributed by atoms with Crippen molar-refractivity contribution in [3.05, 3.63) is 41.4 Å². The third-order valence-corrected chi connectivity index (χ3v) is 5.16. The highest BCUT2D eigenvalue weighted by Gasteiger charge is 2.24. The fraction of sp³-hybridized carbons (Fsp3) is 0.294. The number of carbonyl (C=O) groups excluding carboxylic acids is 1. The van der Waals surface area contributed by atoms with Crippen LogP contribution in [0.5, 0.6) is 0 Å². The maximum atomic E-state index is 13.3. The Morgan fingerprint density at radius 1 is 1.12 bits per heavy atom. The molecule has 1 saturated heterocycles. The first-order chi connectivity index (χ1) is 12.7. The van der Waals surface area contributed by atoms with Crippen LogP contribution in [0.2, 0.25) is 0 Å². The van der Waals surface area contributed by atoms with Crippen molar-refractivity contribution in [2.24, 2.45) is 0 Å². The molecular weight excluding hydrogens is 357 g/mol. The van der Waals surface area contributed by atoms with E-state index in [4.69, 9.17) is 4.74 Å². The van der Waals surface area contributed by atoms with Gasteiger partial charge in [0.25, 0.3) is 0 Å². The number of nitrogens with zero attached hydrogens (tertiary/aromatic N) is 5. The van der Waals surface area contributed by atoms with Crippen LogP contribution in [-0.2, 0) is 4.74 Å².